The first-order valence-corrected chi connectivity index (χ1v) is 6.12. The summed E-state index contributed by atoms with van der Waals surface area (Å²) in [6.07, 6.45) is 1.33. The number of rotatable bonds is 1. The third kappa shape index (κ3) is 1.53. The van der Waals surface area contributed by atoms with Crippen LogP contribution in [0, 0.1) is 5.21 Å². The Bertz CT molecular complexity index is 624. The third-order valence-corrected chi connectivity index (χ3v) is 3.51. The van der Waals surface area contributed by atoms with Crippen LogP contribution in [0.2, 0.25) is 0 Å². The fourth-order valence-electron chi connectivity index (χ4n) is 2.53. The van der Waals surface area contributed by atoms with Gasteiger partial charge in [0, 0.05) is 11.5 Å². The normalized spacial score (nSPS) is 19.7. The average molecular weight is 242 g/mol. The van der Waals surface area contributed by atoms with Gasteiger partial charge >= 0.3 is 5.91 Å². The quantitative estimate of drug-likeness (QED) is 0.567. The summed E-state index contributed by atoms with van der Waals surface area (Å²) in [5.74, 6) is 0.464. The molecule has 1 amide bonds. The molecule has 1 aromatic heterocycles. The molecule has 1 atom stereocenters. The molecule has 92 valence electrons. The molecule has 1 aliphatic heterocycles. The standard InChI is InChI=1S/C14H14N2O2/c1-10-6-9-14(17)15(10)13-8-7-11-4-2-3-5-12(11)16(13)18/h2-5,7-8,10H,6,9H2,1H3. The Morgan fingerprint density at radius 2 is 2.06 bits per heavy atom. The Balaban J connectivity index is 2.18. The SMILES string of the molecule is CC1CCC(=O)N1c1ccc2ccccc2[n+]1[O-]. The molecule has 1 unspecified atom stereocenters. The van der Waals surface area contributed by atoms with Crippen molar-refractivity contribution in [2.75, 3.05) is 4.90 Å². The lowest BCUT2D eigenvalue weighted by Crippen LogP contribution is -2.42. The number of benzene rings is 1. The van der Waals surface area contributed by atoms with Crippen LogP contribution in [0.4, 0.5) is 5.82 Å². The second kappa shape index (κ2) is 3.98. The van der Waals surface area contributed by atoms with Gasteiger partial charge in [0.25, 0.3) is 5.82 Å². The van der Waals surface area contributed by atoms with Crippen molar-refractivity contribution in [3.63, 3.8) is 0 Å². The van der Waals surface area contributed by atoms with Crippen LogP contribution in [0.5, 0.6) is 0 Å². The molecule has 1 saturated heterocycles. The van der Waals surface area contributed by atoms with E-state index in [1.807, 2.05) is 31.2 Å². The highest BCUT2D eigenvalue weighted by atomic mass is 16.5. The van der Waals surface area contributed by atoms with Crippen LogP contribution in [0.1, 0.15) is 19.8 Å². The number of hydrogen-bond acceptors (Lipinski definition) is 2. The van der Waals surface area contributed by atoms with Gasteiger partial charge in [0.15, 0.2) is 0 Å². The average Bonchev–Trinajstić information content (AvgIpc) is 2.71. The van der Waals surface area contributed by atoms with Gasteiger partial charge in [-0.2, -0.15) is 4.90 Å². The van der Waals surface area contributed by atoms with Crippen molar-refractivity contribution in [2.45, 2.75) is 25.8 Å². The fourth-order valence-corrected chi connectivity index (χ4v) is 2.53. The number of aromatic nitrogens is 1. The fraction of sp³-hybridized carbons (Fsp3) is 0.286. The van der Waals surface area contributed by atoms with Crippen LogP contribution in [-0.4, -0.2) is 11.9 Å². The van der Waals surface area contributed by atoms with Crippen molar-refractivity contribution in [2.24, 2.45) is 0 Å². The second-order valence-corrected chi connectivity index (χ2v) is 4.70. The van der Waals surface area contributed by atoms with Gasteiger partial charge in [0.1, 0.15) is 11.6 Å². The molecule has 2 heterocycles. The Hall–Kier alpha value is -2.10. The maximum absolute atomic E-state index is 12.3. The highest BCUT2D eigenvalue weighted by Gasteiger charge is 2.37. The Labute approximate surface area is 105 Å². The van der Waals surface area contributed by atoms with E-state index in [9.17, 15) is 10.0 Å². The van der Waals surface area contributed by atoms with Gasteiger partial charge in [-0.15, -0.1) is 0 Å². The first kappa shape index (κ1) is 11.0. The van der Waals surface area contributed by atoms with Crippen LogP contribution in [0.15, 0.2) is 36.4 Å². The van der Waals surface area contributed by atoms with Gasteiger partial charge in [0.2, 0.25) is 0 Å². The van der Waals surface area contributed by atoms with E-state index in [2.05, 4.69) is 0 Å². The summed E-state index contributed by atoms with van der Waals surface area (Å²) in [4.78, 5) is 13.5. The van der Waals surface area contributed by atoms with Crippen LogP contribution < -0.4 is 9.63 Å². The molecule has 3 rings (SSSR count). The number of nitrogens with zero attached hydrogens (tertiary/aromatic N) is 2. The van der Waals surface area contributed by atoms with E-state index < -0.39 is 0 Å². The lowest BCUT2D eigenvalue weighted by molar-refractivity contribution is -0.563. The van der Waals surface area contributed by atoms with Gasteiger partial charge in [-0.05, 0) is 25.5 Å². The summed E-state index contributed by atoms with van der Waals surface area (Å²) >= 11 is 0. The lowest BCUT2D eigenvalue weighted by atomic mass is 10.2. The minimum absolute atomic E-state index is 0.0300. The number of carbonyl (C=O) groups is 1. The van der Waals surface area contributed by atoms with Gasteiger partial charge < -0.3 is 5.21 Å². The van der Waals surface area contributed by atoms with E-state index in [0.29, 0.717) is 17.8 Å². The minimum atomic E-state index is 0.0300. The zero-order valence-corrected chi connectivity index (χ0v) is 10.2. The molecular weight excluding hydrogens is 228 g/mol. The van der Waals surface area contributed by atoms with Crippen LogP contribution in [0.25, 0.3) is 10.9 Å². The highest BCUT2D eigenvalue weighted by molar-refractivity contribution is 5.95. The van der Waals surface area contributed by atoms with Crippen LogP contribution >= 0.6 is 0 Å². The number of hydrogen-bond donors (Lipinski definition) is 0. The van der Waals surface area contributed by atoms with Crippen LogP contribution in [-0.2, 0) is 4.79 Å². The van der Waals surface area contributed by atoms with E-state index in [1.54, 1.807) is 17.0 Å². The van der Waals surface area contributed by atoms with Crippen molar-refractivity contribution in [1.29, 1.82) is 0 Å². The second-order valence-electron chi connectivity index (χ2n) is 4.70. The van der Waals surface area contributed by atoms with Crippen molar-refractivity contribution in [1.82, 2.24) is 0 Å². The zero-order chi connectivity index (χ0) is 12.7. The lowest BCUT2D eigenvalue weighted by Gasteiger charge is -2.19. The van der Waals surface area contributed by atoms with Gasteiger partial charge in [-0.3, -0.25) is 0 Å². The number of para-hydroxylation sites is 1. The Kier molecular flexibility index (Phi) is 2.44. The molecule has 2 aromatic rings. The molecule has 1 aromatic carbocycles. The Morgan fingerprint density at radius 3 is 2.78 bits per heavy atom. The molecule has 0 saturated carbocycles. The van der Waals surface area contributed by atoms with E-state index in [0.717, 1.165) is 16.5 Å². The molecule has 0 spiro atoms. The first-order chi connectivity index (χ1) is 8.68. The van der Waals surface area contributed by atoms with E-state index in [4.69, 9.17) is 0 Å². The summed E-state index contributed by atoms with van der Waals surface area (Å²) < 4.78 is 0.856. The van der Waals surface area contributed by atoms with Crippen molar-refractivity contribution in [3.05, 3.63) is 41.6 Å². The summed E-state index contributed by atoms with van der Waals surface area (Å²) in [6, 6.07) is 11.1. The van der Waals surface area contributed by atoms with Crippen molar-refractivity contribution >= 4 is 22.6 Å². The summed E-state index contributed by atoms with van der Waals surface area (Å²) in [7, 11) is 0. The number of fused-ring (bicyclic) bond motifs is 1. The van der Waals surface area contributed by atoms with E-state index in [-0.39, 0.29) is 11.9 Å². The molecule has 0 aliphatic carbocycles. The van der Waals surface area contributed by atoms with Crippen LogP contribution in [0.3, 0.4) is 0 Å². The molecule has 4 nitrogen and oxygen atoms in total. The smallest absolute Gasteiger partial charge is 0.310 e. The van der Waals surface area contributed by atoms with Gasteiger partial charge in [-0.25, -0.2) is 9.52 Å². The summed E-state index contributed by atoms with van der Waals surface area (Å²) in [6.45, 7) is 1.97. The summed E-state index contributed by atoms with van der Waals surface area (Å²) in [5.41, 5.74) is 0.599. The topological polar surface area (TPSA) is 47.2 Å². The van der Waals surface area contributed by atoms with E-state index in [1.165, 1.54) is 0 Å². The molecule has 0 bridgehead atoms. The minimum Gasteiger partial charge on any atom is -0.710 e. The molecule has 0 N–H and O–H groups in total. The highest BCUT2D eigenvalue weighted by Crippen LogP contribution is 2.25. The largest absolute Gasteiger partial charge is 0.710 e. The number of pyridine rings is 1. The number of anilines is 1. The van der Waals surface area contributed by atoms with Gasteiger partial charge in [-0.1, -0.05) is 18.2 Å². The molecule has 0 radical (unpaired) electrons. The Morgan fingerprint density at radius 1 is 1.28 bits per heavy atom. The number of amides is 1. The van der Waals surface area contributed by atoms with Gasteiger partial charge in [0.05, 0.1) is 6.42 Å². The molecular formula is C14H14N2O2. The first-order valence-electron chi connectivity index (χ1n) is 6.12. The predicted molar refractivity (Wildman–Crippen MR) is 69.1 cm³/mol. The molecule has 4 heteroatoms. The third-order valence-electron chi connectivity index (χ3n) is 3.51. The monoisotopic (exact) mass is 242 g/mol. The molecule has 18 heavy (non-hydrogen) atoms. The molecule has 1 fully saturated rings. The number of carbonyl (C=O) groups excluding carboxylic acids is 1. The van der Waals surface area contributed by atoms with E-state index >= 15 is 0 Å². The molecule has 1 aliphatic rings. The predicted octanol–water partition coefficient (Wildman–Crippen LogP) is 1.99. The van der Waals surface area contributed by atoms with Crippen molar-refractivity contribution in [3.8, 4) is 0 Å². The zero-order valence-electron chi connectivity index (χ0n) is 10.2. The maximum Gasteiger partial charge on any atom is 0.310 e. The summed E-state index contributed by atoms with van der Waals surface area (Å²) in [5, 5.41) is 13.2. The van der Waals surface area contributed by atoms with Crippen molar-refractivity contribution < 1.29 is 9.52 Å². The maximum atomic E-state index is 12.3.